The minimum Gasteiger partial charge on any atom is -0.332 e. The third-order valence-electron chi connectivity index (χ3n) is 3.73. The van der Waals surface area contributed by atoms with Crippen LogP contribution in [0.4, 0.5) is 0 Å². The van der Waals surface area contributed by atoms with Crippen molar-refractivity contribution in [1.29, 1.82) is 0 Å². The Morgan fingerprint density at radius 2 is 2.04 bits per heavy atom. The van der Waals surface area contributed by atoms with Gasteiger partial charge in [0.15, 0.2) is 5.65 Å². The first kappa shape index (κ1) is 15.5. The molecular weight excluding hydrogens is 336 g/mol. The summed E-state index contributed by atoms with van der Waals surface area (Å²) in [4.78, 5) is 50.7. The molecule has 0 atom stereocenters. The molecule has 9 heteroatoms. The van der Waals surface area contributed by atoms with E-state index in [0.717, 1.165) is 5.56 Å². The van der Waals surface area contributed by atoms with Crippen molar-refractivity contribution < 1.29 is 4.79 Å². The summed E-state index contributed by atoms with van der Waals surface area (Å²) >= 11 is 0. The predicted molar refractivity (Wildman–Crippen MR) is 94.7 cm³/mol. The molecule has 3 heterocycles. The number of carbonyl (C=O) groups excluding carboxylic acids is 1. The van der Waals surface area contributed by atoms with Gasteiger partial charge in [-0.1, -0.05) is 18.2 Å². The normalized spacial score (nSPS) is 11.4. The van der Waals surface area contributed by atoms with E-state index in [4.69, 9.17) is 0 Å². The molecule has 26 heavy (non-hydrogen) atoms. The highest BCUT2D eigenvalue weighted by molar-refractivity contribution is 5.93. The van der Waals surface area contributed by atoms with E-state index in [1.807, 2.05) is 12.1 Å². The van der Waals surface area contributed by atoms with Gasteiger partial charge in [0.05, 0.1) is 0 Å². The number of aromatic nitrogens is 6. The Morgan fingerprint density at radius 3 is 2.85 bits per heavy atom. The fourth-order valence-corrected chi connectivity index (χ4v) is 2.50. The molecule has 9 nitrogen and oxygen atoms in total. The van der Waals surface area contributed by atoms with E-state index in [-0.39, 0.29) is 17.1 Å². The van der Waals surface area contributed by atoms with Gasteiger partial charge in [-0.25, -0.2) is 14.8 Å². The van der Waals surface area contributed by atoms with Crippen LogP contribution in [0, 0.1) is 0 Å². The van der Waals surface area contributed by atoms with E-state index in [2.05, 4.69) is 24.9 Å². The van der Waals surface area contributed by atoms with Gasteiger partial charge >= 0.3 is 5.69 Å². The molecule has 3 N–H and O–H groups in total. The maximum Gasteiger partial charge on any atom is 0.327 e. The van der Waals surface area contributed by atoms with Gasteiger partial charge in [0.25, 0.3) is 11.5 Å². The highest BCUT2D eigenvalue weighted by Crippen LogP contribution is 2.19. The SMILES string of the molecule is O=C(C=Cc1cccc(-c2nc3[nH]c(=O)[nH]c(=O)c3[nH]2)c1)n1ccnc1. The number of rotatable bonds is 3. The van der Waals surface area contributed by atoms with Crippen LogP contribution in [0.5, 0.6) is 0 Å². The molecule has 0 bridgehead atoms. The second-order valence-electron chi connectivity index (χ2n) is 5.48. The monoisotopic (exact) mass is 348 g/mol. The fourth-order valence-electron chi connectivity index (χ4n) is 2.50. The third-order valence-corrected chi connectivity index (χ3v) is 3.73. The molecule has 0 radical (unpaired) electrons. The maximum absolute atomic E-state index is 12.0. The number of H-pyrrole nitrogens is 3. The molecule has 0 aliphatic heterocycles. The Labute approximate surface area is 145 Å². The number of hydrogen-bond acceptors (Lipinski definition) is 5. The van der Waals surface area contributed by atoms with Crippen LogP contribution in [0.15, 0.2) is 58.7 Å². The molecule has 0 saturated carbocycles. The van der Waals surface area contributed by atoms with Gasteiger partial charge in [-0.3, -0.25) is 24.1 Å². The summed E-state index contributed by atoms with van der Waals surface area (Å²) in [5.74, 6) is 0.212. The number of aromatic amines is 3. The van der Waals surface area contributed by atoms with Gasteiger partial charge in [0.1, 0.15) is 17.7 Å². The lowest BCUT2D eigenvalue weighted by atomic mass is 10.1. The number of benzene rings is 1. The Kier molecular flexibility index (Phi) is 3.66. The van der Waals surface area contributed by atoms with E-state index in [0.29, 0.717) is 11.4 Å². The quantitative estimate of drug-likeness (QED) is 0.478. The number of nitrogens with zero attached hydrogens (tertiary/aromatic N) is 3. The van der Waals surface area contributed by atoms with Gasteiger partial charge in [-0.05, 0) is 17.7 Å². The first-order valence-electron chi connectivity index (χ1n) is 7.63. The van der Waals surface area contributed by atoms with Crippen LogP contribution in [-0.2, 0) is 0 Å². The molecule has 0 aliphatic carbocycles. The molecule has 3 aromatic heterocycles. The highest BCUT2D eigenvalue weighted by atomic mass is 16.2. The van der Waals surface area contributed by atoms with Crippen molar-refractivity contribution in [2.75, 3.05) is 0 Å². The van der Waals surface area contributed by atoms with Gasteiger partial charge in [-0.15, -0.1) is 0 Å². The average Bonchev–Trinajstić information content (AvgIpc) is 3.29. The third kappa shape index (κ3) is 2.88. The first-order valence-corrected chi connectivity index (χ1v) is 7.63. The largest absolute Gasteiger partial charge is 0.332 e. The Balaban J connectivity index is 1.68. The van der Waals surface area contributed by atoms with Crippen molar-refractivity contribution in [2.24, 2.45) is 0 Å². The van der Waals surface area contributed by atoms with Crippen molar-refractivity contribution in [2.45, 2.75) is 0 Å². The first-order chi connectivity index (χ1) is 12.6. The molecule has 0 saturated heterocycles. The molecule has 4 rings (SSSR count). The van der Waals surface area contributed by atoms with Crippen molar-refractivity contribution >= 4 is 23.1 Å². The van der Waals surface area contributed by atoms with Gasteiger partial charge < -0.3 is 4.98 Å². The van der Waals surface area contributed by atoms with Crippen LogP contribution in [-0.4, -0.2) is 35.4 Å². The highest BCUT2D eigenvalue weighted by Gasteiger charge is 2.09. The van der Waals surface area contributed by atoms with Crippen LogP contribution >= 0.6 is 0 Å². The Bertz CT molecular complexity index is 1240. The lowest BCUT2D eigenvalue weighted by Gasteiger charge is -1.99. The summed E-state index contributed by atoms with van der Waals surface area (Å²) in [6, 6.07) is 7.25. The lowest BCUT2D eigenvalue weighted by Crippen LogP contribution is -2.21. The molecule has 128 valence electrons. The summed E-state index contributed by atoms with van der Waals surface area (Å²) < 4.78 is 1.36. The van der Waals surface area contributed by atoms with E-state index in [9.17, 15) is 14.4 Å². The van der Waals surface area contributed by atoms with Crippen LogP contribution in [0.1, 0.15) is 10.4 Å². The second kappa shape index (κ2) is 6.13. The van der Waals surface area contributed by atoms with Gasteiger partial charge in [0, 0.05) is 24.0 Å². The van der Waals surface area contributed by atoms with E-state index in [1.54, 1.807) is 24.4 Å². The Hall–Kier alpha value is -4.01. The number of carbonyl (C=O) groups is 1. The second-order valence-corrected chi connectivity index (χ2v) is 5.48. The van der Waals surface area contributed by atoms with Gasteiger partial charge in [0.2, 0.25) is 0 Å². The summed E-state index contributed by atoms with van der Waals surface area (Å²) in [5.41, 5.74) is 0.707. The average molecular weight is 348 g/mol. The predicted octanol–water partition coefficient (Wildman–Crippen LogP) is 1.16. The number of fused-ring (bicyclic) bond motifs is 1. The standard InChI is InChI=1S/C17H12N6O3/c24-12(23-7-6-18-9-23)5-4-10-2-1-3-11(8-10)14-19-13-15(20-14)21-17(26)22-16(13)25/h1-9H,(H3,19,20,21,22,25,26). The van der Waals surface area contributed by atoms with Crippen LogP contribution < -0.4 is 11.2 Å². The number of imidazole rings is 2. The zero-order chi connectivity index (χ0) is 18.1. The molecule has 4 aromatic rings. The number of allylic oxidation sites excluding steroid dienone is 1. The van der Waals surface area contributed by atoms with E-state index < -0.39 is 11.2 Å². The summed E-state index contributed by atoms with van der Waals surface area (Å²) in [6.07, 6.45) is 7.62. The zero-order valence-electron chi connectivity index (χ0n) is 13.3. The van der Waals surface area contributed by atoms with Crippen molar-refractivity contribution in [1.82, 2.24) is 29.5 Å². The molecular formula is C17H12N6O3. The fraction of sp³-hybridized carbons (Fsp3) is 0. The summed E-state index contributed by atoms with van der Waals surface area (Å²) in [6.45, 7) is 0. The Morgan fingerprint density at radius 1 is 1.15 bits per heavy atom. The minimum atomic E-state index is -0.616. The van der Waals surface area contributed by atoms with E-state index in [1.165, 1.54) is 23.2 Å². The molecule has 0 spiro atoms. The zero-order valence-corrected chi connectivity index (χ0v) is 13.3. The van der Waals surface area contributed by atoms with Crippen LogP contribution in [0.25, 0.3) is 28.6 Å². The van der Waals surface area contributed by atoms with Crippen molar-refractivity contribution in [3.05, 3.63) is 75.5 Å². The molecule has 0 unspecified atom stereocenters. The maximum atomic E-state index is 12.0. The summed E-state index contributed by atoms with van der Waals surface area (Å²) in [5, 5.41) is 0. The smallest absolute Gasteiger partial charge is 0.327 e. The van der Waals surface area contributed by atoms with E-state index >= 15 is 0 Å². The topological polar surface area (TPSA) is 129 Å². The molecule has 0 fully saturated rings. The number of nitrogens with one attached hydrogen (secondary N) is 3. The lowest BCUT2D eigenvalue weighted by molar-refractivity contribution is 0.0969. The molecule has 0 amide bonds. The minimum absolute atomic E-state index is 0.185. The molecule has 0 aliphatic rings. The van der Waals surface area contributed by atoms with Crippen molar-refractivity contribution in [3.8, 4) is 11.4 Å². The summed E-state index contributed by atoms with van der Waals surface area (Å²) in [7, 11) is 0. The van der Waals surface area contributed by atoms with Crippen molar-refractivity contribution in [3.63, 3.8) is 0 Å². The van der Waals surface area contributed by atoms with Crippen LogP contribution in [0.3, 0.4) is 0 Å². The van der Waals surface area contributed by atoms with Gasteiger partial charge in [-0.2, -0.15) is 0 Å². The molecule has 1 aromatic carbocycles. The number of hydrogen-bond donors (Lipinski definition) is 3. The van der Waals surface area contributed by atoms with Crippen LogP contribution in [0.2, 0.25) is 0 Å².